The van der Waals surface area contributed by atoms with E-state index in [0.29, 0.717) is 0 Å². The first-order chi connectivity index (χ1) is 7.31. The minimum absolute atomic E-state index is 0.207. The number of hydrogen-bond donors (Lipinski definition) is 3. The Hall–Kier alpha value is -1.85. The molecule has 2 atom stereocenters. The Morgan fingerprint density at radius 3 is 2.06 bits per heavy atom. The monoisotopic (exact) mass is 228 g/mol. The van der Waals surface area contributed by atoms with Crippen LogP contribution in [0.2, 0.25) is 0 Å². The van der Waals surface area contributed by atoms with Crippen molar-refractivity contribution in [3.05, 3.63) is 12.2 Å². The van der Waals surface area contributed by atoms with E-state index >= 15 is 0 Å². The topological polar surface area (TPSA) is 95.5 Å². The zero-order valence-electron chi connectivity index (χ0n) is 9.53. The molecule has 3 N–H and O–H groups in total. The van der Waals surface area contributed by atoms with Gasteiger partial charge in [-0.05, 0) is 13.8 Å². The molecular formula is C10H16N2O4. The van der Waals surface area contributed by atoms with E-state index in [1.54, 1.807) is 0 Å². The Morgan fingerprint density at radius 1 is 1.19 bits per heavy atom. The average Bonchev–Trinajstić information content (AvgIpc) is 2.25. The quantitative estimate of drug-likeness (QED) is 0.553. The number of carboxylic acid groups (broad SMARTS) is 1. The first kappa shape index (κ1) is 14.2. The van der Waals surface area contributed by atoms with Crippen molar-refractivity contribution < 1.29 is 19.5 Å². The molecule has 0 aliphatic rings. The molecule has 0 aromatic heterocycles. The molecule has 0 radical (unpaired) electrons. The van der Waals surface area contributed by atoms with Crippen LogP contribution in [-0.4, -0.2) is 36.0 Å². The summed E-state index contributed by atoms with van der Waals surface area (Å²) in [6, 6.07) is -0.707. The highest BCUT2D eigenvalue weighted by molar-refractivity contribution is 5.96. The van der Waals surface area contributed by atoms with Gasteiger partial charge in [-0.15, -0.1) is 0 Å². The molecule has 90 valence electrons. The molecule has 0 aromatic rings. The van der Waals surface area contributed by atoms with E-state index in [-0.39, 0.29) is 11.5 Å². The third-order valence-electron chi connectivity index (χ3n) is 2.19. The lowest BCUT2D eigenvalue weighted by Gasteiger charge is -2.16. The van der Waals surface area contributed by atoms with Crippen molar-refractivity contribution in [2.75, 3.05) is 7.05 Å². The van der Waals surface area contributed by atoms with Crippen molar-refractivity contribution in [1.82, 2.24) is 10.6 Å². The van der Waals surface area contributed by atoms with Crippen molar-refractivity contribution in [2.24, 2.45) is 5.92 Å². The summed E-state index contributed by atoms with van der Waals surface area (Å²) in [5.41, 5.74) is -0.207. The maximum Gasteiger partial charge on any atom is 0.331 e. The molecule has 0 saturated carbocycles. The van der Waals surface area contributed by atoms with Crippen molar-refractivity contribution in [2.45, 2.75) is 19.9 Å². The van der Waals surface area contributed by atoms with Crippen LogP contribution in [0.5, 0.6) is 0 Å². The molecule has 0 bridgehead atoms. The molecule has 6 nitrogen and oxygen atoms in total. The molecule has 0 heterocycles. The smallest absolute Gasteiger partial charge is 0.331 e. The molecule has 0 fully saturated rings. The molecule has 0 saturated heterocycles. The Labute approximate surface area is 93.7 Å². The molecule has 0 aliphatic heterocycles. The predicted molar refractivity (Wildman–Crippen MR) is 57.6 cm³/mol. The van der Waals surface area contributed by atoms with Crippen molar-refractivity contribution in [3.63, 3.8) is 0 Å². The summed E-state index contributed by atoms with van der Waals surface area (Å²) in [5, 5.41) is 13.4. The largest absolute Gasteiger partial charge is 0.478 e. The summed E-state index contributed by atoms with van der Waals surface area (Å²) in [4.78, 5) is 33.2. The number of nitrogens with one attached hydrogen (secondary N) is 2. The van der Waals surface area contributed by atoms with Gasteiger partial charge in [0.1, 0.15) is 6.04 Å². The lowest BCUT2D eigenvalue weighted by molar-refractivity contribution is -0.135. The lowest BCUT2D eigenvalue weighted by Crippen LogP contribution is -2.45. The van der Waals surface area contributed by atoms with Crippen LogP contribution in [0, 0.1) is 5.92 Å². The summed E-state index contributed by atoms with van der Waals surface area (Å²) < 4.78 is 0. The Morgan fingerprint density at radius 2 is 1.69 bits per heavy atom. The molecule has 0 rings (SSSR count). The summed E-state index contributed by atoms with van der Waals surface area (Å²) in [6.07, 6.45) is 0. The number of carbonyl (C=O) groups is 3. The van der Waals surface area contributed by atoms with Gasteiger partial charge in [0.2, 0.25) is 11.8 Å². The Balaban J connectivity index is 4.42. The molecule has 0 spiro atoms. The van der Waals surface area contributed by atoms with Gasteiger partial charge in [-0.3, -0.25) is 9.59 Å². The first-order valence-corrected chi connectivity index (χ1v) is 4.75. The highest BCUT2D eigenvalue weighted by Crippen LogP contribution is 2.08. The fraction of sp³-hybridized carbons (Fsp3) is 0.500. The Bertz CT molecular complexity index is 325. The van der Waals surface area contributed by atoms with Crippen molar-refractivity contribution >= 4 is 17.8 Å². The summed E-state index contributed by atoms with van der Waals surface area (Å²) in [7, 11) is 1.45. The summed E-state index contributed by atoms with van der Waals surface area (Å²) in [5.74, 6) is -2.98. The second-order valence-electron chi connectivity index (χ2n) is 3.40. The maximum atomic E-state index is 11.5. The SMILES string of the molecule is C=C(C(=O)O)C(C)C(=O)NC(C)C(=O)NC. The summed E-state index contributed by atoms with van der Waals surface area (Å²) in [6.45, 7) is 6.21. The van der Waals surface area contributed by atoms with Gasteiger partial charge in [0.25, 0.3) is 0 Å². The van der Waals surface area contributed by atoms with Crippen LogP contribution in [0.3, 0.4) is 0 Å². The zero-order chi connectivity index (χ0) is 12.9. The highest BCUT2D eigenvalue weighted by atomic mass is 16.4. The van der Waals surface area contributed by atoms with E-state index in [1.807, 2.05) is 0 Å². The second-order valence-corrected chi connectivity index (χ2v) is 3.40. The van der Waals surface area contributed by atoms with E-state index in [2.05, 4.69) is 17.2 Å². The van der Waals surface area contributed by atoms with E-state index in [9.17, 15) is 14.4 Å². The second kappa shape index (κ2) is 5.89. The number of likely N-dealkylation sites (N-methyl/N-ethyl adjacent to an activating group) is 1. The average molecular weight is 228 g/mol. The van der Waals surface area contributed by atoms with E-state index in [1.165, 1.54) is 20.9 Å². The third kappa shape index (κ3) is 3.72. The van der Waals surface area contributed by atoms with Crippen LogP contribution < -0.4 is 10.6 Å². The van der Waals surface area contributed by atoms with Gasteiger partial charge in [0.05, 0.1) is 5.92 Å². The fourth-order valence-electron chi connectivity index (χ4n) is 0.964. The van der Waals surface area contributed by atoms with Crippen LogP contribution in [0.4, 0.5) is 0 Å². The highest BCUT2D eigenvalue weighted by Gasteiger charge is 2.23. The number of amides is 2. The van der Waals surface area contributed by atoms with Crippen LogP contribution in [0.25, 0.3) is 0 Å². The number of hydrogen-bond acceptors (Lipinski definition) is 3. The van der Waals surface area contributed by atoms with Gasteiger partial charge in [-0.2, -0.15) is 0 Å². The van der Waals surface area contributed by atoms with E-state index in [0.717, 1.165) is 0 Å². The standard InChI is InChI=1S/C10H16N2O4/c1-5(6(2)10(15)16)8(13)12-7(3)9(14)11-4/h5,7H,2H2,1,3-4H3,(H,11,14)(H,12,13)(H,15,16). The molecule has 2 amide bonds. The lowest BCUT2D eigenvalue weighted by atomic mass is 10.0. The van der Waals surface area contributed by atoms with Gasteiger partial charge in [-0.1, -0.05) is 6.58 Å². The van der Waals surface area contributed by atoms with Crippen LogP contribution in [0.1, 0.15) is 13.8 Å². The number of aliphatic carboxylic acids is 1. The number of carboxylic acids is 1. The van der Waals surface area contributed by atoms with Crippen molar-refractivity contribution in [3.8, 4) is 0 Å². The fourth-order valence-corrected chi connectivity index (χ4v) is 0.964. The van der Waals surface area contributed by atoms with Gasteiger partial charge < -0.3 is 15.7 Å². The predicted octanol–water partition coefficient (Wildman–Crippen LogP) is -0.486. The van der Waals surface area contributed by atoms with Gasteiger partial charge in [-0.25, -0.2) is 4.79 Å². The van der Waals surface area contributed by atoms with Gasteiger partial charge >= 0.3 is 5.97 Å². The van der Waals surface area contributed by atoms with Crippen LogP contribution >= 0.6 is 0 Å². The minimum atomic E-state index is -1.23. The minimum Gasteiger partial charge on any atom is -0.478 e. The first-order valence-electron chi connectivity index (χ1n) is 4.75. The normalized spacial score (nSPS) is 13.4. The molecule has 6 heteroatoms. The molecule has 0 aromatic carbocycles. The van der Waals surface area contributed by atoms with Crippen LogP contribution in [-0.2, 0) is 14.4 Å². The molecule has 0 aliphatic carbocycles. The zero-order valence-corrected chi connectivity index (χ0v) is 9.53. The van der Waals surface area contributed by atoms with Gasteiger partial charge in [0.15, 0.2) is 0 Å². The number of carbonyl (C=O) groups excluding carboxylic acids is 2. The molecular weight excluding hydrogens is 212 g/mol. The van der Waals surface area contributed by atoms with Gasteiger partial charge in [0, 0.05) is 12.6 Å². The van der Waals surface area contributed by atoms with E-state index in [4.69, 9.17) is 5.11 Å². The molecule has 16 heavy (non-hydrogen) atoms. The summed E-state index contributed by atoms with van der Waals surface area (Å²) >= 11 is 0. The van der Waals surface area contributed by atoms with Crippen LogP contribution in [0.15, 0.2) is 12.2 Å². The van der Waals surface area contributed by atoms with Crippen molar-refractivity contribution in [1.29, 1.82) is 0 Å². The van der Waals surface area contributed by atoms with E-state index < -0.39 is 23.8 Å². The third-order valence-corrected chi connectivity index (χ3v) is 2.19. The maximum absolute atomic E-state index is 11.5. The Kier molecular flexibility index (Phi) is 5.21. The number of rotatable bonds is 5. The molecule has 2 unspecified atom stereocenters.